The van der Waals surface area contributed by atoms with E-state index in [4.69, 9.17) is 61.6 Å². The van der Waals surface area contributed by atoms with Crippen molar-refractivity contribution in [2.45, 2.75) is 215 Å². The van der Waals surface area contributed by atoms with Crippen LogP contribution in [-0.4, -0.2) is 379 Å². The minimum atomic E-state index is -2.47. The molecule has 0 amide bonds. The molecule has 456 valence electrons. The molecule has 0 spiro atoms. The number of aliphatic hydroxyl groups is 23. The predicted octanol–water partition coefficient (Wildman–Crippen LogP) is -16.3. The quantitative estimate of drug-likeness (QED) is 0.0571. The van der Waals surface area contributed by atoms with Crippen LogP contribution < -0.4 is 0 Å². The Kier molecular flexibility index (Phi) is 22.6. The van der Waals surface area contributed by atoms with E-state index in [0.29, 0.717) is 0 Å². The summed E-state index contributed by atoms with van der Waals surface area (Å²) in [4.78, 5) is 0. The summed E-state index contributed by atoms with van der Waals surface area (Å²) >= 11 is 0. The lowest BCUT2D eigenvalue weighted by Gasteiger charge is -2.52. The minimum Gasteiger partial charge on any atom is -0.394 e. The Morgan fingerprint density at radius 2 is 0.449 bits per heavy atom. The standard InChI is InChI=1S/C42H72O36/c43-1-8-15(49)21(55)27(61)36(67-8)66-7-14-32(74-37-28(62)22(56)16(50)9(2-44)68-37)34(76-39-30(64)24(58)18(52)11(4-46)70-39)35(77-40-31(65)25(59)19(53)12(5-47)71-40)42(73-14)78-41-33(26(60)20(54)13(6-48)72-41)75-38-29(63)23(57)17(51)10(3-45)69-38/h8-65H,1-7H2/t8-,9-,10-,11-,12-,13-,14-,15-,16-,17-,18-,19-,20-,21+,22+,23+,24+,25+,26+,27-,28-,29-,30-,31-,32-,33-,34+,35-,36+,37-,38-,39-,40-,41-,42?/m1/s1. The maximum absolute atomic E-state index is 11.6. The molecule has 36 nitrogen and oxygen atoms in total. The Bertz CT molecular complexity index is 1810. The summed E-state index contributed by atoms with van der Waals surface area (Å²) in [6.45, 7) is -7.42. The third-order valence-corrected chi connectivity index (χ3v) is 14.5. The topological polar surface area (TPSA) is 585 Å². The maximum Gasteiger partial charge on any atom is 0.190 e. The zero-order valence-corrected chi connectivity index (χ0v) is 40.8. The summed E-state index contributed by atoms with van der Waals surface area (Å²) < 4.78 is 76.4. The van der Waals surface area contributed by atoms with Gasteiger partial charge in [0.15, 0.2) is 44.0 Å². The zero-order valence-electron chi connectivity index (χ0n) is 40.8. The SMILES string of the molecule is OC[C@H]1O[C@H](O[C@H]2C(O[C@H]3O[C@H](CO)[C@@H](O)[C@H](O)[C@H]3O[C@H]3O[C@H](CO)[C@@H](O)[C@H](O)[C@H]3O)O[C@H](CO[C@H]3O[C@H](CO)[C@@H](O)[C@H](O)[C@H]3O)[C@@H](O[C@H]3O[C@H](CO)[C@@H](O)[C@H](O)[C@H]3O)[C@@H]2O[C@H]2O[C@H](CO)[C@@H](O)[C@H](O)[C@H]2O)[C@H](O)[C@@H](O)[C@@H]1O. The minimum absolute atomic E-state index is 0.974. The highest BCUT2D eigenvalue weighted by Gasteiger charge is 2.60. The molecular weight excluding hydrogens is 1080 g/mol. The van der Waals surface area contributed by atoms with Crippen LogP contribution in [0, 0.1) is 0 Å². The summed E-state index contributed by atoms with van der Waals surface area (Å²) in [6, 6.07) is 0. The van der Waals surface area contributed by atoms with Crippen LogP contribution in [0.3, 0.4) is 0 Å². The Morgan fingerprint density at radius 1 is 0.205 bits per heavy atom. The fourth-order valence-corrected chi connectivity index (χ4v) is 9.76. The Morgan fingerprint density at radius 3 is 0.795 bits per heavy atom. The second-order valence-corrected chi connectivity index (χ2v) is 19.6. The van der Waals surface area contributed by atoms with Gasteiger partial charge in [-0.05, 0) is 0 Å². The lowest BCUT2D eigenvalue weighted by Crippen LogP contribution is -2.70. The molecule has 0 saturated carbocycles. The van der Waals surface area contributed by atoms with Crippen LogP contribution in [0.4, 0.5) is 0 Å². The van der Waals surface area contributed by atoms with Gasteiger partial charge in [0.05, 0.1) is 46.2 Å². The largest absolute Gasteiger partial charge is 0.394 e. The lowest BCUT2D eigenvalue weighted by molar-refractivity contribution is -0.435. The van der Waals surface area contributed by atoms with E-state index >= 15 is 0 Å². The van der Waals surface area contributed by atoms with Gasteiger partial charge < -0.3 is 179 Å². The van der Waals surface area contributed by atoms with Crippen molar-refractivity contribution in [3.63, 3.8) is 0 Å². The first-order valence-electron chi connectivity index (χ1n) is 24.7. The summed E-state index contributed by atoms with van der Waals surface area (Å²) in [7, 11) is 0. The average molecular weight is 1150 g/mol. The molecule has 7 aliphatic heterocycles. The van der Waals surface area contributed by atoms with Gasteiger partial charge in [0.25, 0.3) is 0 Å². The smallest absolute Gasteiger partial charge is 0.190 e. The van der Waals surface area contributed by atoms with E-state index in [0.717, 1.165) is 0 Å². The molecule has 78 heavy (non-hydrogen) atoms. The first-order valence-corrected chi connectivity index (χ1v) is 24.7. The van der Waals surface area contributed by atoms with E-state index in [9.17, 15) is 117 Å². The van der Waals surface area contributed by atoms with Gasteiger partial charge in [0.1, 0.15) is 171 Å². The Hall–Kier alpha value is -1.44. The summed E-state index contributed by atoms with van der Waals surface area (Å²) in [6.07, 6.45) is -74.2. The normalized spacial score (nSPS) is 53.5. The van der Waals surface area contributed by atoms with Gasteiger partial charge >= 0.3 is 0 Å². The van der Waals surface area contributed by atoms with E-state index in [1.807, 2.05) is 0 Å². The summed E-state index contributed by atoms with van der Waals surface area (Å²) in [5.41, 5.74) is 0. The number of aliphatic hydroxyl groups excluding tert-OH is 23. The molecule has 23 N–H and O–H groups in total. The van der Waals surface area contributed by atoms with Gasteiger partial charge in [-0.2, -0.15) is 0 Å². The molecule has 0 aromatic heterocycles. The van der Waals surface area contributed by atoms with E-state index in [1.165, 1.54) is 0 Å². The molecule has 7 heterocycles. The first-order chi connectivity index (χ1) is 37.0. The molecule has 7 rings (SSSR count). The van der Waals surface area contributed by atoms with Crippen molar-refractivity contribution in [2.24, 2.45) is 0 Å². The fourth-order valence-electron chi connectivity index (χ4n) is 9.76. The monoisotopic (exact) mass is 1150 g/mol. The van der Waals surface area contributed by atoms with Crippen LogP contribution in [0.5, 0.6) is 0 Å². The van der Waals surface area contributed by atoms with Crippen molar-refractivity contribution in [2.75, 3.05) is 46.2 Å². The first kappa shape index (κ1) is 64.1. The molecule has 0 radical (unpaired) electrons. The van der Waals surface area contributed by atoms with Crippen molar-refractivity contribution in [1.29, 1.82) is 0 Å². The van der Waals surface area contributed by atoms with Crippen LogP contribution in [-0.2, 0) is 61.6 Å². The third kappa shape index (κ3) is 13.1. The number of hydrogen-bond donors (Lipinski definition) is 23. The lowest BCUT2D eigenvalue weighted by atomic mass is 9.94. The second kappa shape index (κ2) is 27.5. The van der Waals surface area contributed by atoms with Gasteiger partial charge in [-0.3, -0.25) is 0 Å². The molecule has 1 unspecified atom stereocenters. The highest BCUT2D eigenvalue weighted by atomic mass is 16.8. The van der Waals surface area contributed by atoms with Crippen LogP contribution in [0.1, 0.15) is 0 Å². The maximum atomic E-state index is 11.6. The van der Waals surface area contributed by atoms with Crippen LogP contribution >= 0.6 is 0 Å². The highest BCUT2D eigenvalue weighted by Crippen LogP contribution is 2.40. The van der Waals surface area contributed by atoms with Gasteiger partial charge in [0.2, 0.25) is 0 Å². The molecule has 0 aromatic rings. The molecular formula is C42H72O36. The van der Waals surface area contributed by atoms with Gasteiger partial charge in [-0.25, -0.2) is 0 Å². The van der Waals surface area contributed by atoms with E-state index in [1.54, 1.807) is 0 Å². The summed E-state index contributed by atoms with van der Waals surface area (Å²) in [5.74, 6) is 0. The molecule has 7 saturated heterocycles. The average Bonchev–Trinajstić information content (AvgIpc) is 3.47. The van der Waals surface area contributed by atoms with Crippen molar-refractivity contribution in [3.8, 4) is 0 Å². The highest BCUT2D eigenvalue weighted by molar-refractivity contribution is 5.01. The van der Waals surface area contributed by atoms with Crippen molar-refractivity contribution in [1.82, 2.24) is 0 Å². The van der Waals surface area contributed by atoms with Crippen molar-refractivity contribution >= 4 is 0 Å². The van der Waals surface area contributed by atoms with Gasteiger partial charge in [-0.1, -0.05) is 0 Å². The predicted molar refractivity (Wildman–Crippen MR) is 232 cm³/mol. The fraction of sp³-hybridized carbons (Fsp3) is 1.00. The molecule has 7 fully saturated rings. The summed E-state index contributed by atoms with van der Waals surface area (Å²) in [5, 5.41) is 246. The second-order valence-electron chi connectivity index (χ2n) is 19.6. The molecule has 35 atom stereocenters. The van der Waals surface area contributed by atoms with Crippen LogP contribution in [0.2, 0.25) is 0 Å². The van der Waals surface area contributed by atoms with E-state index < -0.39 is 261 Å². The Labute approximate surface area is 439 Å². The number of rotatable bonds is 19. The van der Waals surface area contributed by atoms with Gasteiger partial charge in [-0.15, -0.1) is 0 Å². The molecule has 36 heteroatoms. The molecule has 0 aliphatic carbocycles. The zero-order chi connectivity index (χ0) is 57.3. The molecule has 0 aromatic carbocycles. The third-order valence-electron chi connectivity index (χ3n) is 14.5. The van der Waals surface area contributed by atoms with E-state index in [-0.39, 0.29) is 0 Å². The van der Waals surface area contributed by atoms with Crippen LogP contribution in [0.15, 0.2) is 0 Å². The van der Waals surface area contributed by atoms with E-state index in [2.05, 4.69) is 0 Å². The molecule has 7 aliphatic rings. The molecule has 0 bridgehead atoms. The van der Waals surface area contributed by atoms with Crippen LogP contribution in [0.25, 0.3) is 0 Å². The Balaban J connectivity index is 1.38. The number of hydrogen-bond acceptors (Lipinski definition) is 36. The van der Waals surface area contributed by atoms with Gasteiger partial charge in [0, 0.05) is 0 Å². The number of ether oxygens (including phenoxy) is 13. The van der Waals surface area contributed by atoms with Crippen molar-refractivity contribution < 1.29 is 179 Å². The van der Waals surface area contributed by atoms with Crippen molar-refractivity contribution in [3.05, 3.63) is 0 Å².